The minimum Gasteiger partial charge on any atom is -0.463 e. The predicted molar refractivity (Wildman–Crippen MR) is 49.1 cm³/mol. The van der Waals surface area contributed by atoms with Crippen LogP contribution in [0.15, 0.2) is 34.2 Å². The van der Waals surface area contributed by atoms with E-state index in [1.165, 1.54) is 11.0 Å². The lowest BCUT2D eigenvalue weighted by Gasteiger charge is -1.86. The maximum atomic E-state index is 5.04. The molecule has 0 bridgehead atoms. The van der Waals surface area contributed by atoms with Gasteiger partial charge in [0.1, 0.15) is 12.1 Å². The van der Waals surface area contributed by atoms with Crippen LogP contribution < -0.4 is 0 Å². The fraction of sp³-hybridized carbons (Fsp3) is 0. The Bertz CT molecular complexity index is 453. The summed E-state index contributed by atoms with van der Waals surface area (Å²) in [7, 11) is 0. The Balaban J connectivity index is 2.24. The van der Waals surface area contributed by atoms with Gasteiger partial charge in [0.15, 0.2) is 0 Å². The molecule has 2 aromatic rings. The van der Waals surface area contributed by atoms with Crippen molar-refractivity contribution < 1.29 is 4.42 Å². The van der Waals surface area contributed by atoms with Crippen LogP contribution in [-0.4, -0.2) is 21.1 Å². The molecule has 0 aromatic carbocycles. The first-order valence-electron chi connectivity index (χ1n) is 3.56. The number of H-pyrrole nitrogens is 1. The second-order valence-electron chi connectivity index (χ2n) is 2.27. The van der Waals surface area contributed by atoms with Crippen LogP contribution in [0.1, 0.15) is 5.76 Å². The van der Waals surface area contributed by atoms with Gasteiger partial charge in [-0.2, -0.15) is 14.9 Å². The monoisotopic (exact) mass is 194 g/mol. The zero-order chi connectivity index (χ0) is 9.10. The number of aromatic amines is 1. The number of hydrogen-bond donors (Lipinski definition) is 1. The van der Waals surface area contributed by atoms with Gasteiger partial charge in [0.05, 0.1) is 12.5 Å². The van der Waals surface area contributed by atoms with Crippen LogP contribution in [0.2, 0.25) is 0 Å². The van der Waals surface area contributed by atoms with E-state index in [0.29, 0.717) is 10.5 Å². The van der Waals surface area contributed by atoms with Crippen molar-refractivity contribution in [1.29, 1.82) is 0 Å². The average molecular weight is 194 g/mol. The van der Waals surface area contributed by atoms with Crippen LogP contribution in [0, 0.1) is 4.77 Å². The molecule has 0 spiro atoms. The van der Waals surface area contributed by atoms with E-state index in [1.807, 2.05) is 0 Å². The van der Waals surface area contributed by atoms with E-state index in [1.54, 1.807) is 24.6 Å². The van der Waals surface area contributed by atoms with Crippen molar-refractivity contribution in [1.82, 2.24) is 14.9 Å². The molecule has 5 nitrogen and oxygen atoms in total. The third-order valence-corrected chi connectivity index (χ3v) is 1.67. The summed E-state index contributed by atoms with van der Waals surface area (Å²) in [6.07, 6.45) is 4.63. The molecule has 1 N–H and O–H groups in total. The molecule has 0 aliphatic carbocycles. The lowest BCUT2D eigenvalue weighted by Crippen LogP contribution is -1.87. The highest BCUT2D eigenvalue weighted by Crippen LogP contribution is 1.95. The highest BCUT2D eigenvalue weighted by Gasteiger charge is 1.90. The van der Waals surface area contributed by atoms with E-state index < -0.39 is 0 Å². The molecule has 2 aromatic heterocycles. The predicted octanol–water partition coefficient (Wildman–Crippen LogP) is 1.42. The van der Waals surface area contributed by atoms with Crippen LogP contribution in [0.3, 0.4) is 0 Å². The zero-order valence-corrected chi connectivity index (χ0v) is 7.36. The Labute approximate surface area is 78.7 Å². The van der Waals surface area contributed by atoms with E-state index in [-0.39, 0.29) is 0 Å². The molecule has 2 rings (SSSR count). The Hall–Kier alpha value is -1.69. The van der Waals surface area contributed by atoms with E-state index >= 15 is 0 Å². The summed E-state index contributed by atoms with van der Waals surface area (Å²) in [6.45, 7) is 0. The number of aromatic nitrogens is 3. The second kappa shape index (κ2) is 3.36. The summed E-state index contributed by atoms with van der Waals surface area (Å²) in [5.41, 5.74) is 0. The van der Waals surface area contributed by atoms with E-state index in [2.05, 4.69) is 15.3 Å². The maximum absolute atomic E-state index is 5.04. The molecule has 13 heavy (non-hydrogen) atoms. The number of rotatable bonds is 2. The van der Waals surface area contributed by atoms with Gasteiger partial charge in [-0.15, -0.1) is 0 Å². The molecular weight excluding hydrogens is 188 g/mol. The molecular formula is C7H6N4OS. The van der Waals surface area contributed by atoms with Crippen LogP contribution in [-0.2, 0) is 0 Å². The SMILES string of the molecule is S=c1[nH]ncn1N=Cc1ccco1. The molecule has 0 aliphatic heterocycles. The first-order valence-corrected chi connectivity index (χ1v) is 3.97. The summed E-state index contributed by atoms with van der Waals surface area (Å²) in [5, 5.41) is 10.3. The van der Waals surface area contributed by atoms with Crippen molar-refractivity contribution in [3.8, 4) is 0 Å². The molecule has 0 atom stereocenters. The standard InChI is InChI=1S/C7H6N4OS/c13-7-10-8-5-11(7)9-4-6-2-1-3-12-6/h1-5H,(H,10,13). The Morgan fingerprint density at radius 2 is 2.62 bits per heavy atom. The van der Waals surface area contributed by atoms with Crippen LogP contribution in [0.5, 0.6) is 0 Å². The molecule has 0 amide bonds. The van der Waals surface area contributed by atoms with Gasteiger partial charge < -0.3 is 4.42 Å². The first-order chi connectivity index (χ1) is 6.36. The van der Waals surface area contributed by atoms with Gasteiger partial charge in [-0.05, 0) is 24.4 Å². The molecule has 0 saturated carbocycles. The number of nitrogens with zero attached hydrogens (tertiary/aromatic N) is 3. The average Bonchev–Trinajstić information content (AvgIpc) is 2.72. The highest BCUT2D eigenvalue weighted by molar-refractivity contribution is 7.71. The van der Waals surface area contributed by atoms with Gasteiger partial charge >= 0.3 is 0 Å². The Morgan fingerprint density at radius 1 is 1.69 bits per heavy atom. The lowest BCUT2D eigenvalue weighted by molar-refractivity contribution is 0.559. The van der Waals surface area contributed by atoms with Gasteiger partial charge in [-0.1, -0.05) is 0 Å². The topological polar surface area (TPSA) is 59.1 Å². The molecule has 0 unspecified atom stereocenters. The third kappa shape index (κ3) is 1.73. The molecule has 0 radical (unpaired) electrons. The maximum Gasteiger partial charge on any atom is 0.216 e. The fourth-order valence-electron chi connectivity index (χ4n) is 0.809. The van der Waals surface area contributed by atoms with E-state index in [0.717, 1.165) is 0 Å². The largest absolute Gasteiger partial charge is 0.463 e. The van der Waals surface area contributed by atoms with Gasteiger partial charge in [-0.3, -0.25) is 5.10 Å². The zero-order valence-electron chi connectivity index (χ0n) is 6.54. The minimum absolute atomic E-state index is 0.447. The summed E-state index contributed by atoms with van der Waals surface area (Å²) in [6, 6.07) is 3.59. The van der Waals surface area contributed by atoms with E-state index in [9.17, 15) is 0 Å². The number of nitrogens with one attached hydrogen (secondary N) is 1. The molecule has 0 aliphatic rings. The normalized spacial score (nSPS) is 11.1. The van der Waals surface area contributed by atoms with Gasteiger partial charge in [0, 0.05) is 0 Å². The molecule has 66 valence electrons. The van der Waals surface area contributed by atoms with Crippen LogP contribution in [0.25, 0.3) is 0 Å². The minimum atomic E-state index is 0.447. The smallest absolute Gasteiger partial charge is 0.216 e. The first kappa shape index (κ1) is 7.93. The van der Waals surface area contributed by atoms with E-state index in [4.69, 9.17) is 16.6 Å². The summed E-state index contributed by atoms with van der Waals surface area (Å²) >= 11 is 4.88. The van der Waals surface area contributed by atoms with Gasteiger partial charge in [-0.25, -0.2) is 0 Å². The molecule has 2 heterocycles. The fourth-order valence-corrected chi connectivity index (χ4v) is 0.956. The molecule has 0 saturated heterocycles. The summed E-state index contributed by atoms with van der Waals surface area (Å²) in [5.74, 6) is 0.670. The van der Waals surface area contributed by atoms with Crippen LogP contribution >= 0.6 is 12.2 Å². The van der Waals surface area contributed by atoms with Crippen molar-refractivity contribution in [3.05, 3.63) is 35.3 Å². The van der Waals surface area contributed by atoms with Crippen molar-refractivity contribution in [3.63, 3.8) is 0 Å². The quantitative estimate of drug-likeness (QED) is 0.581. The molecule has 6 heteroatoms. The summed E-state index contributed by atoms with van der Waals surface area (Å²) < 4.78 is 6.93. The van der Waals surface area contributed by atoms with Crippen LogP contribution in [0.4, 0.5) is 0 Å². The summed E-state index contributed by atoms with van der Waals surface area (Å²) in [4.78, 5) is 0. The number of furan rings is 1. The van der Waals surface area contributed by atoms with Gasteiger partial charge in [0.25, 0.3) is 0 Å². The number of hydrogen-bond acceptors (Lipinski definition) is 4. The highest BCUT2D eigenvalue weighted by atomic mass is 32.1. The van der Waals surface area contributed by atoms with Gasteiger partial charge in [0.2, 0.25) is 4.77 Å². The third-order valence-electron chi connectivity index (χ3n) is 1.39. The molecule has 0 fully saturated rings. The van der Waals surface area contributed by atoms with Crippen molar-refractivity contribution in [2.45, 2.75) is 0 Å². The second-order valence-corrected chi connectivity index (χ2v) is 2.65. The lowest BCUT2D eigenvalue weighted by atomic mass is 10.5. The van der Waals surface area contributed by atoms with Crippen molar-refractivity contribution >= 4 is 18.4 Å². The Morgan fingerprint density at radius 3 is 3.23 bits per heavy atom. The van der Waals surface area contributed by atoms with Crippen molar-refractivity contribution in [2.75, 3.05) is 0 Å². The Kier molecular flexibility index (Phi) is 2.05. The van der Waals surface area contributed by atoms with Crippen molar-refractivity contribution in [2.24, 2.45) is 5.10 Å².